The number of benzene rings is 1. The molecule has 2 rings (SSSR count). The zero-order valence-corrected chi connectivity index (χ0v) is 13.8. The van der Waals surface area contributed by atoms with E-state index >= 15 is 0 Å². The second kappa shape index (κ2) is 8.28. The molecule has 0 radical (unpaired) electrons. The lowest BCUT2D eigenvalue weighted by Gasteiger charge is -2.30. The molecule has 1 fully saturated rings. The number of nitrogens with one attached hydrogen (secondary N) is 1. The lowest BCUT2D eigenvalue weighted by atomic mass is 9.84. The maximum atomic E-state index is 5.81. The van der Waals surface area contributed by atoms with Gasteiger partial charge in [-0.05, 0) is 45.0 Å². The molecular formula is C18H30N2O. The topological polar surface area (TPSA) is 24.5 Å². The quantitative estimate of drug-likeness (QED) is 0.821. The Morgan fingerprint density at radius 2 is 2.14 bits per heavy atom. The smallest absolute Gasteiger partial charge is 0.121 e. The summed E-state index contributed by atoms with van der Waals surface area (Å²) in [5.74, 6) is 1.86. The van der Waals surface area contributed by atoms with Crippen LogP contribution in [-0.2, 0) is 0 Å². The van der Waals surface area contributed by atoms with Gasteiger partial charge in [0, 0.05) is 24.3 Å². The van der Waals surface area contributed by atoms with Gasteiger partial charge in [-0.25, -0.2) is 0 Å². The SMILES string of the molecule is CCC1CCCC(Nc2cccc(OCCN(C)C)c2)C1. The van der Waals surface area contributed by atoms with Crippen LogP contribution in [0.4, 0.5) is 5.69 Å². The maximum absolute atomic E-state index is 5.81. The molecule has 0 saturated heterocycles. The summed E-state index contributed by atoms with van der Waals surface area (Å²) in [6.07, 6.45) is 6.67. The third-order valence-electron chi connectivity index (χ3n) is 4.37. The molecule has 21 heavy (non-hydrogen) atoms. The van der Waals surface area contributed by atoms with Gasteiger partial charge in [-0.15, -0.1) is 0 Å². The van der Waals surface area contributed by atoms with E-state index in [2.05, 4.69) is 49.4 Å². The van der Waals surface area contributed by atoms with Crippen LogP contribution in [0.25, 0.3) is 0 Å². The molecule has 2 unspecified atom stereocenters. The van der Waals surface area contributed by atoms with Gasteiger partial charge >= 0.3 is 0 Å². The predicted molar refractivity (Wildman–Crippen MR) is 90.2 cm³/mol. The minimum atomic E-state index is 0.626. The van der Waals surface area contributed by atoms with Gasteiger partial charge in [0.25, 0.3) is 0 Å². The van der Waals surface area contributed by atoms with Crippen molar-refractivity contribution in [1.82, 2.24) is 4.90 Å². The van der Waals surface area contributed by atoms with Crippen LogP contribution in [0.15, 0.2) is 24.3 Å². The number of rotatable bonds is 7. The Bertz CT molecular complexity index is 419. The number of likely N-dealkylation sites (N-methyl/N-ethyl adjacent to an activating group) is 1. The van der Waals surface area contributed by atoms with Gasteiger partial charge in [-0.1, -0.05) is 32.3 Å². The largest absolute Gasteiger partial charge is 0.492 e. The fourth-order valence-electron chi connectivity index (χ4n) is 3.05. The Balaban J connectivity index is 1.85. The molecule has 1 N–H and O–H groups in total. The molecule has 0 amide bonds. The average Bonchev–Trinajstić information content (AvgIpc) is 2.47. The van der Waals surface area contributed by atoms with E-state index < -0.39 is 0 Å². The second-order valence-corrected chi connectivity index (χ2v) is 6.46. The average molecular weight is 290 g/mol. The number of ether oxygens (including phenoxy) is 1. The number of anilines is 1. The van der Waals surface area contributed by atoms with Crippen molar-refractivity contribution in [2.45, 2.75) is 45.1 Å². The van der Waals surface area contributed by atoms with Crippen molar-refractivity contribution in [3.8, 4) is 5.75 Å². The van der Waals surface area contributed by atoms with E-state index in [1.54, 1.807) is 0 Å². The van der Waals surface area contributed by atoms with Crippen LogP contribution in [0.2, 0.25) is 0 Å². The minimum absolute atomic E-state index is 0.626. The minimum Gasteiger partial charge on any atom is -0.492 e. The monoisotopic (exact) mass is 290 g/mol. The van der Waals surface area contributed by atoms with Crippen molar-refractivity contribution in [3.05, 3.63) is 24.3 Å². The summed E-state index contributed by atoms with van der Waals surface area (Å²) in [4.78, 5) is 2.13. The van der Waals surface area contributed by atoms with E-state index in [4.69, 9.17) is 4.74 Å². The summed E-state index contributed by atoms with van der Waals surface area (Å²) in [6.45, 7) is 3.99. The van der Waals surface area contributed by atoms with Crippen LogP contribution in [0, 0.1) is 5.92 Å². The van der Waals surface area contributed by atoms with E-state index in [9.17, 15) is 0 Å². The molecule has 1 aliphatic carbocycles. The van der Waals surface area contributed by atoms with Crippen molar-refractivity contribution in [1.29, 1.82) is 0 Å². The van der Waals surface area contributed by atoms with Crippen LogP contribution in [0.5, 0.6) is 5.75 Å². The molecule has 0 heterocycles. The second-order valence-electron chi connectivity index (χ2n) is 6.46. The summed E-state index contributed by atoms with van der Waals surface area (Å²) in [7, 11) is 4.13. The van der Waals surface area contributed by atoms with Gasteiger partial charge in [-0.2, -0.15) is 0 Å². The van der Waals surface area contributed by atoms with E-state index in [1.807, 2.05) is 6.07 Å². The highest BCUT2D eigenvalue weighted by Crippen LogP contribution is 2.29. The first-order chi connectivity index (χ1) is 10.2. The molecule has 1 aromatic rings. The summed E-state index contributed by atoms with van der Waals surface area (Å²) in [5.41, 5.74) is 1.19. The summed E-state index contributed by atoms with van der Waals surface area (Å²) < 4.78 is 5.81. The summed E-state index contributed by atoms with van der Waals surface area (Å²) >= 11 is 0. The Morgan fingerprint density at radius 3 is 2.90 bits per heavy atom. The van der Waals surface area contributed by atoms with Gasteiger partial charge in [-0.3, -0.25) is 0 Å². The van der Waals surface area contributed by atoms with E-state index in [1.165, 1.54) is 37.8 Å². The molecule has 0 bridgehead atoms. The van der Waals surface area contributed by atoms with E-state index in [0.717, 1.165) is 24.8 Å². The normalized spacial score (nSPS) is 22.3. The highest BCUT2D eigenvalue weighted by Gasteiger charge is 2.20. The van der Waals surface area contributed by atoms with Gasteiger partial charge < -0.3 is 15.0 Å². The third kappa shape index (κ3) is 5.58. The third-order valence-corrected chi connectivity index (χ3v) is 4.37. The summed E-state index contributed by atoms with van der Waals surface area (Å²) in [5, 5.41) is 3.69. The van der Waals surface area contributed by atoms with Crippen LogP contribution in [0.1, 0.15) is 39.0 Å². The number of hydrogen-bond donors (Lipinski definition) is 1. The van der Waals surface area contributed by atoms with Crippen molar-refractivity contribution in [3.63, 3.8) is 0 Å². The number of hydrogen-bond acceptors (Lipinski definition) is 3. The molecule has 0 aliphatic heterocycles. The first-order valence-corrected chi connectivity index (χ1v) is 8.31. The first kappa shape index (κ1) is 16.2. The standard InChI is InChI=1S/C18H30N2O/c1-4-15-7-5-8-16(13-15)19-17-9-6-10-18(14-17)21-12-11-20(2)3/h6,9-10,14-16,19H,4-5,7-8,11-13H2,1-3H3. The molecule has 118 valence electrons. The lowest BCUT2D eigenvalue weighted by Crippen LogP contribution is -2.27. The molecule has 1 aromatic carbocycles. The molecule has 1 saturated carbocycles. The lowest BCUT2D eigenvalue weighted by molar-refractivity contribution is 0.261. The molecule has 3 nitrogen and oxygen atoms in total. The van der Waals surface area contributed by atoms with Gasteiger partial charge in [0.15, 0.2) is 0 Å². The highest BCUT2D eigenvalue weighted by atomic mass is 16.5. The van der Waals surface area contributed by atoms with Gasteiger partial charge in [0.1, 0.15) is 12.4 Å². The number of nitrogens with zero attached hydrogens (tertiary/aromatic N) is 1. The molecule has 0 aromatic heterocycles. The first-order valence-electron chi connectivity index (χ1n) is 8.31. The zero-order valence-electron chi connectivity index (χ0n) is 13.8. The van der Waals surface area contributed by atoms with Gasteiger partial charge in [0.2, 0.25) is 0 Å². The Labute approximate surface area is 129 Å². The Hall–Kier alpha value is -1.22. The highest BCUT2D eigenvalue weighted by molar-refractivity contribution is 5.48. The van der Waals surface area contributed by atoms with Crippen LogP contribution < -0.4 is 10.1 Å². The van der Waals surface area contributed by atoms with E-state index in [-0.39, 0.29) is 0 Å². The summed E-state index contributed by atoms with van der Waals surface area (Å²) in [6, 6.07) is 9.02. The van der Waals surface area contributed by atoms with E-state index in [0.29, 0.717) is 6.04 Å². The maximum Gasteiger partial charge on any atom is 0.121 e. The Morgan fingerprint density at radius 1 is 1.29 bits per heavy atom. The molecule has 1 aliphatic rings. The van der Waals surface area contributed by atoms with Gasteiger partial charge in [0.05, 0.1) is 0 Å². The van der Waals surface area contributed by atoms with Crippen molar-refractivity contribution in [2.75, 3.05) is 32.6 Å². The molecule has 2 atom stereocenters. The fourth-order valence-corrected chi connectivity index (χ4v) is 3.05. The predicted octanol–water partition coefficient (Wildman–Crippen LogP) is 4.01. The fraction of sp³-hybridized carbons (Fsp3) is 0.667. The Kier molecular flexibility index (Phi) is 6.37. The van der Waals surface area contributed by atoms with Crippen molar-refractivity contribution in [2.24, 2.45) is 5.92 Å². The van der Waals surface area contributed by atoms with Crippen LogP contribution in [-0.4, -0.2) is 38.2 Å². The molecular weight excluding hydrogens is 260 g/mol. The van der Waals surface area contributed by atoms with Crippen LogP contribution >= 0.6 is 0 Å². The van der Waals surface area contributed by atoms with Crippen molar-refractivity contribution >= 4 is 5.69 Å². The van der Waals surface area contributed by atoms with Crippen molar-refractivity contribution < 1.29 is 4.74 Å². The molecule has 3 heteroatoms. The molecule has 0 spiro atoms. The van der Waals surface area contributed by atoms with Crippen LogP contribution in [0.3, 0.4) is 0 Å². The zero-order chi connectivity index (χ0) is 15.1.